The average molecular weight is 297 g/mol. The van der Waals surface area contributed by atoms with Gasteiger partial charge in [0.15, 0.2) is 0 Å². The molecule has 0 fully saturated rings. The van der Waals surface area contributed by atoms with Crippen LogP contribution in [0.25, 0.3) is 0 Å². The van der Waals surface area contributed by atoms with Gasteiger partial charge in [-0.3, -0.25) is 0 Å². The Morgan fingerprint density at radius 3 is 1.27 bits per heavy atom. The van der Waals surface area contributed by atoms with Crippen LogP contribution in [0.4, 0.5) is 0 Å². The van der Waals surface area contributed by atoms with E-state index < -0.39 is 7.26 Å². The molecule has 0 aromatic rings. The summed E-state index contributed by atoms with van der Waals surface area (Å²) in [6.07, 6.45) is 13.4. The molecule has 0 saturated carbocycles. The number of hydrogen-bond donors (Lipinski definition) is 0. The lowest BCUT2D eigenvalue weighted by Gasteiger charge is -2.26. The number of rotatable bonds is 9. The van der Waals surface area contributed by atoms with E-state index in [4.69, 9.17) is 0 Å². The standard InChI is InChI=1S/C13H30P.BrH/c1-5-9-13-14(10-6-2,11-7-3)12-8-4;/h5-13H2,1-4H3;1H/q+1;/p-1. The minimum absolute atomic E-state index is 0. The fourth-order valence-corrected chi connectivity index (χ4v) is 7.76. The van der Waals surface area contributed by atoms with E-state index in [1.165, 1.54) is 32.1 Å². The molecule has 2 heteroatoms. The molecule has 0 unspecified atom stereocenters. The maximum absolute atomic E-state index is 2.37. The molecule has 0 rings (SSSR count). The van der Waals surface area contributed by atoms with Gasteiger partial charge in [0.05, 0.1) is 24.6 Å². The van der Waals surface area contributed by atoms with E-state index in [0.29, 0.717) is 0 Å². The second-order valence-corrected chi connectivity index (χ2v) is 9.06. The van der Waals surface area contributed by atoms with Crippen molar-refractivity contribution < 1.29 is 17.0 Å². The van der Waals surface area contributed by atoms with E-state index >= 15 is 0 Å². The summed E-state index contributed by atoms with van der Waals surface area (Å²) in [6.45, 7) is 9.43. The van der Waals surface area contributed by atoms with Crippen LogP contribution in [0.3, 0.4) is 0 Å². The molecule has 94 valence electrons. The molecular formula is C13H30BrP. The fraction of sp³-hybridized carbons (Fsp3) is 1.00. The molecule has 15 heavy (non-hydrogen) atoms. The van der Waals surface area contributed by atoms with Crippen LogP contribution >= 0.6 is 7.26 Å². The number of unbranched alkanes of at least 4 members (excludes halogenated alkanes) is 1. The molecule has 0 bridgehead atoms. The topological polar surface area (TPSA) is 0 Å². The van der Waals surface area contributed by atoms with E-state index in [1.807, 2.05) is 0 Å². The van der Waals surface area contributed by atoms with Gasteiger partial charge in [0.25, 0.3) is 0 Å². The van der Waals surface area contributed by atoms with Crippen LogP contribution in [-0.4, -0.2) is 24.6 Å². The molecule has 0 aliphatic heterocycles. The zero-order chi connectivity index (χ0) is 10.9. The summed E-state index contributed by atoms with van der Waals surface area (Å²) in [5, 5.41) is 0. The zero-order valence-electron chi connectivity index (χ0n) is 11.2. The van der Waals surface area contributed by atoms with Gasteiger partial charge in [0, 0.05) is 7.26 Å². The zero-order valence-corrected chi connectivity index (χ0v) is 13.7. The third kappa shape index (κ3) is 7.75. The van der Waals surface area contributed by atoms with Crippen molar-refractivity contribution in [2.45, 2.75) is 59.8 Å². The Bertz CT molecular complexity index is 109. The molecule has 0 spiro atoms. The van der Waals surface area contributed by atoms with Crippen molar-refractivity contribution >= 4 is 7.26 Å². The minimum Gasteiger partial charge on any atom is -1.00 e. The summed E-state index contributed by atoms with van der Waals surface area (Å²) in [7, 11) is -0.513. The highest BCUT2D eigenvalue weighted by Crippen LogP contribution is 2.60. The van der Waals surface area contributed by atoms with Crippen molar-refractivity contribution in [1.29, 1.82) is 0 Å². The Kier molecular flexibility index (Phi) is 13.9. The number of hydrogen-bond acceptors (Lipinski definition) is 0. The average Bonchev–Trinajstić information content (AvgIpc) is 2.16. The van der Waals surface area contributed by atoms with Gasteiger partial charge in [-0.15, -0.1) is 0 Å². The van der Waals surface area contributed by atoms with Crippen molar-refractivity contribution in [3.05, 3.63) is 0 Å². The predicted octanol–water partition coefficient (Wildman–Crippen LogP) is 2.04. The first-order chi connectivity index (χ1) is 6.74. The lowest BCUT2D eigenvalue weighted by atomic mass is 10.4. The van der Waals surface area contributed by atoms with Crippen molar-refractivity contribution in [2.24, 2.45) is 0 Å². The fourth-order valence-electron chi connectivity index (χ4n) is 2.59. The van der Waals surface area contributed by atoms with Crippen LogP contribution < -0.4 is 17.0 Å². The summed E-state index contributed by atoms with van der Waals surface area (Å²) in [5.74, 6) is 0. The van der Waals surface area contributed by atoms with Crippen LogP contribution in [-0.2, 0) is 0 Å². The summed E-state index contributed by atoms with van der Waals surface area (Å²) in [5.41, 5.74) is 0. The van der Waals surface area contributed by atoms with Crippen molar-refractivity contribution in [1.82, 2.24) is 0 Å². The predicted molar refractivity (Wildman–Crippen MR) is 72.2 cm³/mol. The lowest BCUT2D eigenvalue weighted by Crippen LogP contribution is -3.00. The minimum atomic E-state index is -0.513. The molecule has 0 N–H and O–H groups in total. The largest absolute Gasteiger partial charge is 1.00 e. The maximum atomic E-state index is 2.37. The van der Waals surface area contributed by atoms with Gasteiger partial charge >= 0.3 is 0 Å². The van der Waals surface area contributed by atoms with Crippen LogP contribution in [0, 0.1) is 0 Å². The highest BCUT2D eigenvalue weighted by molar-refractivity contribution is 7.75. The molecule has 0 aromatic carbocycles. The molecule has 0 radical (unpaired) electrons. The lowest BCUT2D eigenvalue weighted by molar-refractivity contribution is -0.00000339. The SMILES string of the molecule is CCCC[P+](CCC)(CCC)CCC.[Br-]. The Morgan fingerprint density at radius 1 is 0.600 bits per heavy atom. The summed E-state index contributed by atoms with van der Waals surface area (Å²) in [4.78, 5) is 0. The molecule has 0 amide bonds. The molecule has 0 atom stereocenters. The summed E-state index contributed by atoms with van der Waals surface area (Å²) in [6, 6.07) is 0. The molecular weight excluding hydrogens is 267 g/mol. The van der Waals surface area contributed by atoms with Crippen molar-refractivity contribution in [3.63, 3.8) is 0 Å². The van der Waals surface area contributed by atoms with Gasteiger partial charge in [0.1, 0.15) is 0 Å². The Balaban J connectivity index is 0. The highest BCUT2D eigenvalue weighted by Gasteiger charge is 2.33. The van der Waals surface area contributed by atoms with Gasteiger partial charge in [-0.25, -0.2) is 0 Å². The second-order valence-electron chi connectivity index (χ2n) is 4.59. The number of halogens is 1. The van der Waals surface area contributed by atoms with E-state index in [9.17, 15) is 0 Å². The molecule has 0 aliphatic rings. The van der Waals surface area contributed by atoms with Crippen molar-refractivity contribution in [2.75, 3.05) is 24.6 Å². The van der Waals surface area contributed by atoms with Gasteiger partial charge in [0.2, 0.25) is 0 Å². The quantitative estimate of drug-likeness (QED) is 0.571. The van der Waals surface area contributed by atoms with E-state index in [-0.39, 0.29) is 17.0 Å². The normalized spacial score (nSPS) is 11.2. The van der Waals surface area contributed by atoms with Gasteiger partial charge < -0.3 is 17.0 Å². The Morgan fingerprint density at radius 2 is 1.00 bits per heavy atom. The summed E-state index contributed by atoms with van der Waals surface area (Å²) < 4.78 is 0. The van der Waals surface area contributed by atoms with Crippen LogP contribution in [0.1, 0.15) is 59.8 Å². The van der Waals surface area contributed by atoms with E-state index in [0.717, 1.165) is 0 Å². The first-order valence-electron chi connectivity index (χ1n) is 6.59. The van der Waals surface area contributed by atoms with Crippen LogP contribution in [0.15, 0.2) is 0 Å². The van der Waals surface area contributed by atoms with Crippen molar-refractivity contribution in [3.8, 4) is 0 Å². The summed E-state index contributed by atoms with van der Waals surface area (Å²) >= 11 is 0. The van der Waals surface area contributed by atoms with Crippen LogP contribution in [0.2, 0.25) is 0 Å². The van der Waals surface area contributed by atoms with E-state index in [1.54, 1.807) is 24.6 Å². The van der Waals surface area contributed by atoms with Crippen LogP contribution in [0.5, 0.6) is 0 Å². The highest BCUT2D eigenvalue weighted by atomic mass is 79.9. The van der Waals surface area contributed by atoms with Gasteiger partial charge in [-0.05, 0) is 25.7 Å². The third-order valence-electron chi connectivity index (χ3n) is 3.08. The molecule has 0 heterocycles. The Hall–Kier alpha value is 0.910. The monoisotopic (exact) mass is 296 g/mol. The molecule has 0 aliphatic carbocycles. The van der Waals surface area contributed by atoms with E-state index in [2.05, 4.69) is 27.7 Å². The van der Waals surface area contributed by atoms with Gasteiger partial charge in [-0.1, -0.05) is 34.1 Å². The van der Waals surface area contributed by atoms with Gasteiger partial charge in [-0.2, -0.15) is 0 Å². The first-order valence-corrected chi connectivity index (χ1v) is 9.12. The Labute approximate surface area is 109 Å². The maximum Gasteiger partial charge on any atom is 0.0594 e. The molecule has 0 aromatic heterocycles. The molecule has 0 nitrogen and oxygen atoms in total. The molecule has 0 saturated heterocycles. The first kappa shape index (κ1) is 18.3. The smallest absolute Gasteiger partial charge is 0.0594 e. The second kappa shape index (κ2) is 11.4. The third-order valence-corrected chi connectivity index (χ3v) is 8.53.